The van der Waals surface area contributed by atoms with Crippen molar-refractivity contribution in [3.63, 3.8) is 0 Å². The molecule has 0 aliphatic rings. The molecular weight excluding hydrogens is 444 g/mol. The first kappa shape index (κ1) is 21.2. The molecule has 0 N–H and O–H groups in total. The standard InChI is InChI=1S/C5H11ClO3S2.Au.K/c1-4(10)5(6)2-3-11(7,8)9;;/h4-5,10H,2-3H2,1H3,(H,7,8,9);;/q;2*+1/p-2. The van der Waals surface area contributed by atoms with Crippen molar-refractivity contribution >= 4 is 34.3 Å². The predicted octanol–water partition coefficient (Wildman–Crippen LogP) is -2.53. The summed E-state index contributed by atoms with van der Waals surface area (Å²) in [5.41, 5.74) is 0. The van der Waals surface area contributed by atoms with E-state index in [4.69, 9.17) is 24.2 Å². The average molecular weight is 453 g/mol. The Hall–Kier alpha value is 2.93. The monoisotopic (exact) mass is 452 g/mol. The number of rotatable bonds is 4. The summed E-state index contributed by atoms with van der Waals surface area (Å²) in [5, 5.41) is -0.618. The molecule has 0 aromatic carbocycles. The van der Waals surface area contributed by atoms with Crippen LogP contribution in [0.2, 0.25) is 0 Å². The van der Waals surface area contributed by atoms with Crippen molar-refractivity contribution in [1.82, 2.24) is 0 Å². The van der Waals surface area contributed by atoms with Crippen molar-refractivity contribution in [3.05, 3.63) is 0 Å². The summed E-state index contributed by atoms with van der Waals surface area (Å²) >= 11 is 10.4. The zero-order chi connectivity index (χ0) is 9.07. The summed E-state index contributed by atoms with van der Waals surface area (Å²) in [5.74, 6) is -0.428. The average Bonchev–Trinajstić information content (AvgIpc) is 1.80. The van der Waals surface area contributed by atoms with Crippen molar-refractivity contribution in [1.29, 1.82) is 0 Å². The third kappa shape index (κ3) is 14.9. The summed E-state index contributed by atoms with van der Waals surface area (Å²) in [6.07, 6.45) is 0.137. The third-order valence-electron chi connectivity index (χ3n) is 1.15. The maximum atomic E-state index is 10.1. The molecule has 0 aromatic heterocycles. The van der Waals surface area contributed by atoms with E-state index in [1.165, 1.54) is 0 Å². The van der Waals surface area contributed by atoms with Crippen LogP contribution in [0.5, 0.6) is 0 Å². The molecule has 0 radical (unpaired) electrons. The predicted molar refractivity (Wildman–Crippen MR) is 45.6 cm³/mol. The Morgan fingerprint density at radius 1 is 1.54 bits per heavy atom. The molecule has 3 nitrogen and oxygen atoms in total. The zero-order valence-electron chi connectivity index (χ0n) is 7.29. The van der Waals surface area contributed by atoms with E-state index in [9.17, 15) is 13.0 Å². The van der Waals surface area contributed by atoms with Crippen LogP contribution >= 0.6 is 11.6 Å². The molecule has 0 heterocycles. The Labute approximate surface area is 148 Å². The second-order valence-electron chi connectivity index (χ2n) is 2.27. The summed E-state index contributed by atoms with van der Waals surface area (Å²) in [7, 11) is -4.13. The van der Waals surface area contributed by atoms with Gasteiger partial charge in [-0.2, -0.15) is 5.25 Å². The van der Waals surface area contributed by atoms with E-state index in [-0.39, 0.29) is 85.4 Å². The van der Waals surface area contributed by atoms with Crippen molar-refractivity contribution in [2.45, 2.75) is 24.0 Å². The van der Waals surface area contributed by atoms with Gasteiger partial charge in [-0.25, -0.2) is 8.42 Å². The quantitative estimate of drug-likeness (QED) is 0.204. The molecule has 0 saturated carbocycles. The van der Waals surface area contributed by atoms with Crippen LogP contribution in [0.4, 0.5) is 0 Å². The van der Waals surface area contributed by atoms with Crippen LogP contribution in [0.3, 0.4) is 0 Å². The topological polar surface area (TPSA) is 57.2 Å². The molecule has 2 atom stereocenters. The summed E-state index contributed by atoms with van der Waals surface area (Å²) < 4.78 is 30.3. The number of hydrogen-bond donors (Lipinski definition) is 0. The van der Waals surface area contributed by atoms with E-state index in [1.54, 1.807) is 6.92 Å². The molecule has 0 aliphatic heterocycles. The number of hydrogen-bond acceptors (Lipinski definition) is 4. The van der Waals surface area contributed by atoms with Crippen molar-refractivity contribution in [2.75, 3.05) is 5.75 Å². The summed E-state index contributed by atoms with van der Waals surface area (Å²) in [6, 6.07) is 0. The third-order valence-corrected chi connectivity index (χ3v) is 2.96. The molecule has 0 spiro atoms. The van der Waals surface area contributed by atoms with Gasteiger partial charge in [0.05, 0.1) is 10.1 Å². The smallest absolute Gasteiger partial charge is 0.788 e. The molecule has 78 valence electrons. The second-order valence-corrected chi connectivity index (χ2v) is 5.10. The van der Waals surface area contributed by atoms with Crippen LogP contribution < -0.4 is 51.4 Å². The van der Waals surface area contributed by atoms with Gasteiger partial charge >= 0.3 is 73.8 Å². The molecule has 0 amide bonds. The molecule has 13 heavy (non-hydrogen) atoms. The van der Waals surface area contributed by atoms with Crippen molar-refractivity contribution < 1.29 is 86.7 Å². The Kier molecular flexibility index (Phi) is 16.5. The first-order valence-corrected chi connectivity index (χ1v) is 5.55. The fourth-order valence-electron chi connectivity index (χ4n) is 0.492. The van der Waals surface area contributed by atoms with Gasteiger partial charge in [0.2, 0.25) is 0 Å². The molecule has 0 rings (SSSR count). The minimum absolute atomic E-state index is 0. The number of alkyl halides is 1. The van der Waals surface area contributed by atoms with Gasteiger partial charge in [-0.05, 0) is 6.42 Å². The van der Waals surface area contributed by atoms with E-state index >= 15 is 0 Å². The van der Waals surface area contributed by atoms with Gasteiger partial charge in [0.1, 0.15) is 0 Å². The molecule has 2 unspecified atom stereocenters. The Balaban J connectivity index is -0.000000500. The minimum Gasteiger partial charge on any atom is -0.788 e. The Bertz CT molecular complexity index is 210. The molecule has 0 saturated heterocycles. The molecule has 0 bridgehead atoms. The fraction of sp³-hybridized carbons (Fsp3) is 1.00. The maximum Gasteiger partial charge on any atom is 1.00 e. The van der Waals surface area contributed by atoms with E-state index < -0.39 is 21.2 Å². The van der Waals surface area contributed by atoms with Gasteiger partial charge < -0.3 is 17.2 Å². The van der Waals surface area contributed by atoms with Crippen LogP contribution in [-0.2, 0) is 45.1 Å². The molecule has 8 heteroatoms. The van der Waals surface area contributed by atoms with Crippen LogP contribution in [0, 0.1) is 0 Å². The Morgan fingerprint density at radius 3 is 2.15 bits per heavy atom. The van der Waals surface area contributed by atoms with E-state index in [1.807, 2.05) is 0 Å². The van der Waals surface area contributed by atoms with Gasteiger partial charge in [-0.15, -0.1) is 11.6 Å². The summed E-state index contributed by atoms with van der Waals surface area (Å²) in [6.45, 7) is 1.70. The van der Waals surface area contributed by atoms with Crippen molar-refractivity contribution in [2.24, 2.45) is 0 Å². The van der Waals surface area contributed by atoms with Gasteiger partial charge in [0.15, 0.2) is 0 Å². The zero-order valence-corrected chi connectivity index (χ0v) is 15.0. The van der Waals surface area contributed by atoms with Crippen LogP contribution in [0.1, 0.15) is 13.3 Å². The first-order valence-electron chi connectivity index (χ1n) is 3.06. The van der Waals surface area contributed by atoms with E-state index in [0.29, 0.717) is 0 Å². The normalized spacial score (nSPS) is 15.1. The molecular formula is C5H9AuClKO3S2. The fourth-order valence-corrected chi connectivity index (χ4v) is 1.41. The molecule has 0 fully saturated rings. The SMILES string of the molecule is CC([S-])C(Cl)CCS(=O)(=O)[O-].[Au+].[K+]. The van der Waals surface area contributed by atoms with E-state index in [0.717, 1.165) is 0 Å². The van der Waals surface area contributed by atoms with Gasteiger partial charge in [0, 0.05) is 11.1 Å². The van der Waals surface area contributed by atoms with Gasteiger partial charge in [-0.3, -0.25) is 0 Å². The maximum absolute atomic E-state index is 10.1. The Morgan fingerprint density at radius 2 is 1.92 bits per heavy atom. The minimum atomic E-state index is -4.13. The van der Waals surface area contributed by atoms with Crippen LogP contribution in [-0.4, -0.2) is 29.4 Å². The molecule has 0 aromatic rings. The van der Waals surface area contributed by atoms with Crippen molar-refractivity contribution in [3.8, 4) is 0 Å². The first-order chi connectivity index (χ1) is 4.83. The van der Waals surface area contributed by atoms with Crippen LogP contribution in [0.15, 0.2) is 0 Å². The summed E-state index contributed by atoms with van der Waals surface area (Å²) in [4.78, 5) is 0. The number of halogens is 1. The van der Waals surface area contributed by atoms with Crippen LogP contribution in [0.25, 0.3) is 0 Å². The second kappa shape index (κ2) is 10.1. The van der Waals surface area contributed by atoms with E-state index in [2.05, 4.69) is 0 Å². The largest absolute Gasteiger partial charge is 1.00 e. The van der Waals surface area contributed by atoms with Gasteiger partial charge in [0.25, 0.3) is 0 Å². The van der Waals surface area contributed by atoms with Gasteiger partial charge in [-0.1, -0.05) is 6.92 Å². The molecule has 0 aliphatic carbocycles.